The SMILES string of the molecule is CC(=O)c1ccc(C(=O)NC(C#N)c2ccccc2C)cc1. The van der Waals surface area contributed by atoms with Gasteiger partial charge >= 0.3 is 0 Å². The predicted molar refractivity (Wildman–Crippen MR) is 83.4 cm³/mol. The number of nitriles is 1. The lowest BCUT2D eigenvalue weighted by atomic mass is 10.0. The Morgan fingerprint density at radius 2 is 1.64 bits per heavy atom. The van der Waals surface area contributed by atoms with Crippen molar-refractivity contribution >= 4 is 11.7 Å². The minimum Gasteiger partial charge on any atom is -0.332 e. The number of aryl methyl sites for hydroxylation is 1. The summed E-state index contributed by atoms with van der Waals surface area (Å²) in [5, 5.41) is 12.0. The van der Waals surface area contributed by atoms with Crippen molar-refractivity contribution in [3.8, 4) is 6.07 Å². The van der Waals surface area contributed by atoms with E-state index >= 15 is 0 Å². The van der Waals surface area contributed by atoms with Gasteiger partial charge in [0.25, 0.3) is 5.91 Å². The molecule has 0 aliphatic rings. The number of nitrogens with one attached hydrogen (secondary N) is 1. The fourth-order valence-electron chi connectivity index (χ4n) is 2.16. The highest BCUT2D eigenvalue weighted by Gasteiger charge is 2.16. The quantitative estimate of drug-likeness (QED) is 0.880. The smallest absolute Gasteiger partial charge is 0.252 e. The van der Waals surface area contributed by atoms with E-state index in [1.807, 2.05) is 31.2 Å². The Balaban J connectivity index is 2.18. The van der Waals surface area contributed by atoms with Gasteiger partial charge in [-0.2, -0.15) is 5.26 Å². The topological polar surface area (TPSA) is 70.0 Å². The van der Waals surface area contributed by atoms with Gasteiger partial charge in [-0.1, -0.05) is 36.4 Å². The molecule has 0 aromatic heterocycles. The van der Waals surface area contributed by atoms with Crippen LogP contribution in [0.25, 0.3) is 0 Å². The Hall–Kier alpha value is -2.93. The largest absolute Gasteiger partial charge is 0.332 e. The van der Waals surface area contributed by atoms with E-state index < -0.39 is 6.04 Å². The molecule has 2 aromatic rings. The van der Waals surface area contributed by atoms with E-state index in [4.69, 9.17) is 0 Å². The summed E-state index contributed by atoms with van der Waals surface area (Å²) in [7, 11) is 0. The van der Waals surface area contributed by atoms with Crippen LogP contribution in [0.1, 0.15) is 44.8 Å². The van der Waals surface area contributed by atoms with Crippen LogP contribution in [-0.4, -0.2) is 11.7 Å². The molecule has 0 radical (unpaired) electrons. The Morgan fingerprint density at radius 1 is 1.05 bits per heavy atom. The highest BCUT2D eigenvalue weighted by Crippen LogP contribution is 2.17. The second-order valence-electron chi connectivity index (χ2n) is 5.03. The summed E-state index contributed by atoms with van der Waals surface area (Å²) < 4.78 is 0. The zero-order valence-corrected chi connectivity index (χ0v) is 12.5. The first-order valence-corrected chi connectivity index (χ1v) is 6.90. The van der Waals surface area contributed by atoms with Gasteiger partial charge in [0, 0.05) is 11.1 Å². The lowest BCUT2D eigenvalue weighted by Crippen LogP contribution is -2.28. The molecule has 2 aromatic carbocycles. The molecule has 0 fully saturated rings. The Bertz CT molecular complexity index is 742. The van der Waals surface area contributed by atoms with E-state index in [1.165, 1.54) is 6.92 Å². The molecular weight excluding hydrogens is 276 g/mol. The van der Waals surface area contributed by atoms with Gasteiger partial charge in [-0.3, -0.25) is 9.59 Å². The van der Waals surface area contributed by atoms with Crippen LogP contribution < -0.4 is 5.32 Å². The summed E-state index contributed by atoms with van der Waals surface area (Å²) in [5.41, 5.74) is 2.69. The second-order valence-corrected chi connectivity index (χ2v) is 5.03. The third-order valence-corrected chi connectivity index (χ3v) is 3.46. The Morgan fingerprint density at radius 3 is 2.18 bits per heavy atom. The number of carbonyl (C=O) groups excluding carboxylic acids is 2. The molecule has 1 atom stereocenters. The molecule has 0 saturated carbocycles. The van der Waals surface area contributed by atoms with Gasteiger partial charge in [-0.25, -0.2) is 0 Å². The van der Waals surface area contributed by atoms with Crippen LogP contribution in [0.5, 0.6) is 0 Å². The normalized spacial score (nSPS) is 11.3. The number of amides is 1. The first-order valence-electron chi connectivity index (χ1n) is 6.90. The molecule has 0 aliphatic heterocycles. The number of nitrogens with zero attached hydrogens (tertiary/aromatic N) is 1. The summed E-state index contributed by atoms with van der Waals surface area (Å²) in [4.78, 5) is 23.5. The molecule has 4 heteroatoms. The number of carbonyl (C=O) groups is 2. The van der Waals surface area contributed by atoms with E-state index in [0.29, 0.717) is 11.1 Å². The van der Waals surface area contributed by atoms with Crippen LogP contribution in [0.15, 0.2) is 48.5 Å². The summed E-state index contributed by atoms with van der Waals surface area (Å²) >= 11 is 0. The van der Waals surface area contributed by atoms with Crippen molar-refractivity contribution in [1.82, 2.24) is 5.32 Å². The van der Waals surface area contributed by atoms with Gasteiger partial charge < -0.3 is 5.32 Å². The molecule has 4 nitrogen and oxygen atoms in total. The molecule has 110 valence electrons. The summed E-state index contributed by atoms with van der Waals surface area (Å²) in [6.07, 6.45) is 0. The molecule has 1 unspecified atom stereocenters. The number of ketones is 1. The molecular formula is C18H16N2O2. The Kier molecular flexibility index (Phi) is 4.70. The van der Waals surface area contributed by atoms with E-state index in [2.05, 4.69) is 11.4 Å². The zero-order valence-electron chi connectivity index (χ0n) is 12.5. The van der Waals surface area contributed by atoms with Crippen LogP contribution in [0.4, 0.5) is 0 Å². The van der Waals surface area contributed by atoms with Crippen molar-refractivity contribution in [3.05, 3.63) is 70.8 Å². The van der Waals surface area contributed by atoms with E-state index in [1.54, 1.807) is 24.3 Å². The number of benzene rings is 2. The fourth-order valence-corrected chi connectivity index (χ4v) is 2.16. The summed E-state index contributed by atoms with van der Waals surface area (Å²) in [6.45, 7) is 3.37. The van der Waals surface area contributed by atoms with Crippen molar-refractivity contribution < 1.29 is 9.59 Å². The van der Waals surface area contributed by atoms with Gasteiger partial charge in [-0.15, -0.1) is 0 Å². The van der Waals surface area contributed by atoms with Crippen molar-refractivity contribution in [2.75, 3.05) is 0 Å². The van der Waals surface area contributed by atoms with Gasteiger partial charge in [-0.05, 0) is 37.1 Å². The molecule has 2 rings (SSSR count). The fraction of sp³-hybridized carbons (Fsp3) is 0.167. The lowest BCUT2D eigenvalue weighted by molar-refractivity contribution is 0.0943. The average Bonchev–Trinajstić information content (AvgIpc) is 2.53. The van der Waals surface area contributed by atoms with Crippen molar-refractivity contribution in [1.29, 1.82) is 5.26 Å². The highest BCUT2D eigenvalue weighted by molar-refractivity contribution is 5.98. The molecule has 0 heterocycles. The minimum absolute atomic E-state index is 0.0539. The van der Waals surface area contributed by atoms with Crippen LogP contribution in [-0.2, 0) is 0 Å². The Labute approximate surface area is 129 Å². The van der Waals surface area contributed by atoms with E-state index in [9.17, 15) is 14.9 Å². The number of Topliss-reactive ketones (excluding diaryl/α,β-unsaturated/α-hetero) is 1. The van der Waals surface area contributed by atoms with Crippen molar-refractivity contribution in [2.24, 2.45) is 0 Å². The van der Waals surface area contributed by atoms with E-state index in [0.717, 1.165) is 11.1 Å². The predicted octanol–water partition coefficient (Wildman–Crippen LogP) is 3.19. The highest BCUT2D eigenvalue weighted by atomic mass is 16.1. The maximum atomic E-state index is 12.2. The van der Waals surface area contributed by atoms with Gasteiger partial charge in [0.2, 0.25) is 0 Å². The van der Waals surface area contributed by atoms with Crippen LogP contribution in [0.2, 0.25) is 0 Å². The first-order chi connectivity index (χ1) is 10.5. The minimum atomic E-state index is -0.707. The van der Waals surface area contributed by atoms with Gasteiger partial charge in [0.05, 0.1) is 6.07 Å². The monoisotopic (exact) mass is 292 g/mol. The zero-order chi connectivity index (χ0) is 16.1. The molecule has 1 N–H and O–H groups in total. The number of rotatable bonds is 4. The molecule has 0 saturated heterocycles. The first kappa shape index (κ1) is 15.5. The standard InChI is InChI=1S/C18H16N2O2/c1-12-5-3-4-6-16(12)17(11-19)20-18(22)15-9-7-14(8-10-15)13(2)21/h3-10,17H,1-2H3,(H,20,22). The van der Waals surface area contributed by atoms with Gasteiger partial charge in [0.1, 0.15) is 6.04 Å². The average molecular weight is 292 g/mol. The summed E-state index contributed by atoms with van der Waals surface area (Å²) in [6, 6.07) is 15.2. The number of hydrogen-bond donors (Lipinski definition) is 1. The molecule has 0 aliphatic carbocycles. The van der Waals surface area contributed by atoms with E-state index in [-0.39, 0.29) is 11.7 Å². The molecule has 22 heavy (non-hydrogen) atoms. The molecule has 1 amide bonds. The second kappa shape index (κ2) is 6.68. The third-order valence-electron chi connectivity index (χ3n) is 3.46. The van der Waals surface area contributed by atoms with Crippen molar-refractivity contribution in [3.63, 3.8) is 0 Å². The van der Waals surface area contributed by atoms with Gasteiger partial charge in [0.15, 0.2) is 5.78 Å². The summed E-state index contributed by atoms with van der Waals surface area (Å²) in [5.74, 6) is -0.397. The lowest BCUT2D eigenvalue weighted by Gasteiger charge is -2.14. The van der Waals surface area contributed by atoms with Crippen LogP contribution in [0.3, 0.4) is 0 Å². The molecule has 0 bridgehead atoms. The van der Waals surface area contributed by atoms with Crippen molar-refractivity contribution in [2.45, 2.75) is 19.9 Å². The third kappa shape index (κ3) is 3.39. The maximum absolute atomic E-state index is 12.2. The maximum Gasteiger partial charge on any atom is 0.252 e. The molecule has 0 spiro atoms. The van der Waals surface area contributed by atoms with Crippen LogP contribution >= 0.6 is 0 Å². The van der Waals surface area contributed by atoms with Crippen LogP contribution in [0, 0.1) is 18.3 Å². The number of hydrogen-bond acceptors (Lipinski definition) is 3.